The van der Waals surface area contributed by atoms with Crippen LogP contribution in [0.2, 0.25) is 5.02 Å². The molecule has 2 heterocycles. The first-order chi connectivity index (χ1) is 14.5. The Bertz CT molecular complexity index is 867. The number of likely N-dealkylation sites (tertiary alicyclic amines) is 1. The molecule has 0 radical (unpaired) electrons. The van der Waals surface area contributed by atoms with E-state index in [1.807, 2.05) is 22.6 Å². The molecule has 2 aromatic carbocycles. The smallest absolute Gasteiger partial charge is 0.494 e. The van der Waals surface area contributed by atoms with Crippen molar-refractivity contribution >= 4 is 46.8 Å². The summed E-state index contributed by atoms with van der Waals surface area (Å²) in [5, 5.41) is 9.63. The third-order valence-electron chi connectivity index (χ3n) is 6.56. The number of nitrogens with zero attached hydrogens (tertiary/aromatic N) is 1. The Hall–Kier alpha value is -0.795. The maximum atomic E-state index is 8.98. The van der Waals surface area contributed by atoms with Crippen molar-refractivity contribution in [2.45, 2.75) is 57.7 Å². The summed E-state index contributed by atoms with van der Waals surface area (Å²) in [5.41, 5.74) is 2.03. The number of rotatable bonds is 2. The van der Waals surface area contributed by atoms with Crippen LogP contribution < -0.4 is 5.46 Å². The van der Waals surface area contributed by atoms with Crippen molar-refractivity contribution in [3.05, 3.63) is 56.6 Å². The zero-order valence-corrected chi connectivity index (χ0v) is 21.9. The van der Waals surface area contributed by atoms with Gasteiger partial charge in [-0.2, -0.15) is 0 Å². The van der Waals surface area contributed by atoms with Gasteiger partial charge in [-0.1, -0.05) is 35.9 Å². The number of halogens is 2. The summed E-state index contributed by atoms with van der Waals surface area (Å²) in [6.07, 6.45) is 2.51. The van der Waals surface area contributed by atoms with Crippen molar-refractivity contribution in [3.8, 4) is 5.75 Å². The number of aromatic hydroxyl groups is 1. The Morgan fingerprint density at radius 3 is 2.03 bits per heavy atom. The molecular weight excluding hydrogens is 523 g/mol. The van der Waals surface area contributed by atoms with E-state index in [1.54, 1.807) is 18.2 Å². The second kappa shape index (κ2) is 10.00. The Morgan fingerprint density at radius 1 is 1.00 bits per heavy atom. The molecule has 4 nitrogen and oxygen atoms in total. The average Bonchev–Trinajstić information content (AvgIpc) is 2.93. The molecule has 7 heteroatoms. The molecule has 0 aromatic heterocycles. The third-order valence-corrected chi connectivity index (χ3v) is 7.66. The highest BCUT2D eigenvalue weighted by Crippen LogP contribution is 2.36. The molecular formula is C24H32BClINO3. The summed E-state index contributed by atoms with van der Waals surface area (Å²) in [6, 6.07) is 13.8. The lowest BCUT2D eigenvalue weighted by Crippen LogP contribution is -2.41. The van der Waals surface area contributed by atoms with Crippen LogP contribution in [0.3, 0.4) is 0 Å². The van der Waals surface area contributed by atoms with E-state index in [2.05, 4.69) is 63.9 Å². The number of phenolic OH excluding ortho intramolecular Hbond substituents is 1. The minimum Gasteiger partial charge on any atom is -0.507 e. The first-order valence-corrected chi connectivity index (χ1v) is 12.2. The Balaban J connectivity index is 0.000000254. The van der Waals surface area contributed by atoms with Crippen LogP contribution in [0, 0.1) is 3.57 Å². The van der Waals surface area contributed by atoms with Crippen molar-refractivity contribution in [1.29, 1.82) is 0 Å². The maximum Gasteiger partial charge on any atom is 0.494 e. The average molecular weight is 556 g/mol. The molecule has 0 unspecified atom stereocenters. The van der Waals surface area contributed by atoms with Crippen LogP contribution in [0.25, 0.3) is 0 Å². The maximum absolute atomic E-state index is 8.98. The summed E-state index contributed by atoms with van der Waals surface area (Å²) >= 11 is 7.62. The first kappa shape index (κ1) is 24.8. The van der Waals surface area contributed by atoms with Crippen LogP contribution in [0.5, 0.6) is 5.75 Å². The fourth-order valence-electron chi connectivity index (χ4n) is 3.73. The van der Waals surface area contributed by atoms with Gasteiger partial charge in [0.05, 0.1) is 14.8 Å². The fourth-order valence-corrected chi connectivity index (χ4v) is 4.60. The topological polar surface area (TPSA) is 41.9 Å². The summed E-state index contributed by atoms with van der Waals surface area (Å²) in [7, 11) is 1.95. The minimum absolute atomic E-state index is 0.253. The molecule has 2 aliphatic heterocycles. The van der Waals surface area contributed by atoms with E-state index < -0.39 is 0 Å². The third kappa shape index (κ3) is 6.17. The van der Waals surface area contributed by atoms with Gasteiger partial charge in [-0.3, -0.25) is 0 Å². The van der Waals surface area contributed by atoms with Gasteiger partial charge in [0.25, 0.3) is 0 Å². The molecule has 4 rings (SSSR count). The molecule has 0 saturated carbocycles. The lowest BCUT2D eigenvalue weighted by atomic mass is 9.77. The van der Waals surface area contributed by atoms with Crippen LogP contribution in [-0.4, -0.2) is 48.5 Å². The van der Waals surface area contributed by atoms with Crippen LogP contribution in [-0.2, 0) is 9.31 Å². The van der Waals surface area contributed by atoms with Crippen LogP contribution in [0.4, 0.5) is 0 Å². The summed E-state index contributed by atoms with van der Waals surface area (Å²) in [6.45, 7) is 10.8. The van der Waals surface area contributed by atoms with E-state index in [-0.39, 0.29) is 24.1 Å². The van der Waals surface area contributed by atoms with Gasteiger partial charge in [-0.15, -0.1) is 0 Å². The zero-order chi connectivity index (χ0) is 22.8. The van der Waals surface area contributed by atoms with Gasteiger partial charge < -0.3 is 19.3 Å². The molecule has 2 aliphatic rings. The Kier molecular flexibility index (Phi) is 8.01. The lowest BCUT2D eigenvalue weighted by Gasteiger charge is -2.32. The highest BCUT2D eigenvalue weighted by atomic mass is 127. The highest BCUT2D eigenvalue weighted by molar-refractivity contribution is 14.1. The quantitative estimate of drug-likeness (QED) is 0.396. The second-order valence-corrected chi connectivity index (χ2v) is 11.0. The van der Waals surface area contributed by atoms with Gasteiger partial charge in [-0.05, 0) is 118 Å². The predicted octanol–water partition coefficient (Wildman–Crippen LogP) is 5.45. The fraction of sp³-hybridized carbons (Fsp3) is 0.500. The number of benzene rings is 2. The molecule has 0 atom stereocenters. The number of phenols is 1. The number of hydrogen-bond acceptors (Lipinski definition) is 4. The van der Waals surface area contributed by atoms with Crippen molar-refractivity contribution < 1.29 is 14.4 Å². The highest BCUT2D eigenvalue weighted by Gasteiger charge is 2.51. The monoisotopic (exact) mass is 555 g/mol. The standard InChI is InChI=1S/C18H28BNO2.C6H4ClIO/c1-17(2)18(3,4)22-19(21-17)16-8-6-14(7-9-16)15-10-12-20(5)13-11-15;7-4-1-2-6(9)5(8)3-4/h6-9,15H,10-13H2,1-5H3;1-3,9H. The minimum atomic E-state index is -0.274. The van der Waals surface area contributed by atoms with Crippen LogP contribution in [0.15, 0.2) is 42.5 Å². The van der Waals surface area contributed by atoms with Crippen molar-refractivity contribution in [1.82, 2.24) is 4.90 Å². The van der Waals surface area contributed by atoms with Gasteiger partial charge in [0.1, 0.15) is 5.75 Å². The van der Waals surface area contributed by atoms with E-state index in [9.17, 15) is 0 Å². The molecule has 168 valence electrons. The lowest BCUT2D eigenvalue weighted by molar-refractivity contribution is 0.00578. The predicted molar refractivity (Wildman–Crippen MR) is 137 cm³/mol. The second-order valence-electron chi connectivity index (χ2n) is 9.43. The number of piperidine rings is 1. The Morgan fingerprint density at radius 2 is 1.55 bits per heavy atom. The van der Waals surface area contributed by atoms with Gasteiger partial charge in [0.15, 0.2) is 0 Å². The molecule has 0 spiro atoms. The van der Waals surface area contributed by atoms with Gasteiger partial charge in [0.2, 0.25) is 0 Å². The van der Waals surface area contributed by atoms with Crippen molar-refractivity contribution in [2.75, 3.05) is 20.1 Å². The van der Waals surface area contributed by atoms with Gasteiger partial charge in [0, 0.05) is 5.02 Å². The van der Waals surface area contributed by atoms with Crippen molar-refractivity contribution in [2.24, 2.45) is 0 Å². The Labute approximate surface area is 205 Å². The van der Waals surface area contributed by atoms with E-state index in [0.29, 0.717) is 10.9 Å². The molecule has 0 amide bonds. The summed E-state index contributed by atoms with van der Waals surface area (Å²) in [5.74, 6) is 0.976. The van der Waals surface area contributed by atoms with E-state index in [4.69, 9.17) is 26.0 Å². The number of hydrogen-bond donors (Lipinski definition) is 1. The van der Waals surface area contributed by atoms with Crippen molar-refractivity contribution in [3.63, 3.8) is 0 Å². The van der Waals surface area contributed by atoms with E-state index >= 15 is 0 Å². The SMILES string of the molecule is CN1CCC(c2ccc(B3OC(C)(C)C(C)(C)O3)cc2)CC1.Oc1ccc(Cl)cc1I. The zero-order valence-electron chi connectivity index (χ0n) is 19.0. The van der Waals surface area contributed by atoms with E-state index in [1.165, 1.54) is 31.5 Å². The molecule has 1 N–H and O–H groups in total. The van der Waals surface area contributed by atoms with Crippen LogP contribution >= 0.6 is 34.2 Å². The largest absolute Gasteiger partial charge is 0.507 e. The van der Waals surface area contributed by atoms with Gasteiger partial charge in [-0.25, -0.2) is 0 Å². The molecule has 2 saturated heterocycles. The van der Waals surface area contributed by atoms with Gasteiger partial charge >= 0.3 is 7.12 Å². The molecule has 0 aliphatic carbocycles. The van der Waals surface area contributed by atoms with Crippen LogP contribution in [0.1, 0.15) is 52.0 Å². The summed E-state index contributed by atoms with van der Waals surface area (Å²) in [4.78, 5) is 2.41. The summed E-state index contributed by atoms with van der Waals surface area (Å²) < 4.78 is 13.0. The molecule has 2 fully saturated rings. The molecule has 2 aromatic rings. The van der Waals surface area contributed by atoms with E-state index in [0.717, 1.165) is 9.03 Å². The molecule has 0 bridgehead atoms. The molecule has 31 heavy (non-hydrogen) atoms. The first-order valence-electron chi connectivity index (χ1n) is 10.8. The normalized spacial score (nSPS) is 20.9.